The second-order valence-corrected chi connectivity index (χ2v) is 9.09. The number of benzene rings is 1. The van der Waals surface area contributed by atoms with E-state index in [1.807, 2.05) is 27.7 Å². The van der Waals surface area contributed by atoms with Crippen molar-refractivity contribution in [3.05, 3.63) is 18.2 Å². The third-order valence-electron chi connectivity index (χ3n) is 4.27. The van der Waals surface area contributed by atoms with Crippen LogP contribution in [0.15, 0.2) is 23.1 Å². The fourth-order valence-electron chi connectivity index (χ4n) is 2.64. The van der Waals surface area contributed by atoms with Crippen LogP contribution in [-0.2, 0) is 14.8 Å². The molecule has 1 saturated heterocycles. The summed E-state index contributed by atoms with van der Waals surface area (Å²) in [7, 11) is -3.83. The van der Waals surface area contributed by atoms with Gasteiger partial charge in [0.25, 0.3) is 0 Å². The molecule has 0 aliphatic carbocycles. The molecular weight excluding hydrogens is 388 g/mol. The summed E-state index contributed by atoms with van der Waals surface area (Å²) in [6, 6.07) is 3.85. The Morgan fingerprint density at radius 1 is 1.26 bits per heavy atom. The van der Waals surface area contributed by atoms with Crippen LogP contribution >= 0.6 is 11.8 Å². The minimum atomic E-state index is -3.83. The molecular formula is C18H28N2O5S2. The molecule has 2 atom stereocenters. The molecule has 27 heavy (non-hydrogen) atoms. The SMILES string of the molecule is CCOc1ccc(S(=O)(=O)N2CSCC2C(=O)NC(C)CC)cc1OCC. The number of ether oxygens (including phenoxy) is 2. The van der Waals surface area contributed by atoms with E-state index >= 15 is 0 Å². The minimum absolute atomic E-state index is 0.00249. The average molecular weight is 417 g/mol. The molecule has 2 unspecified atom stereocenters. The Balaban J connectivity index is 2.30. The second-order valence-electron chi connectivity index (χ2n) is 6.20. The van der Waals surface area contributed by atoms with Gasteiger partial charge in [-0.3, -0.25) is 4.79 Å². The molecule has 7 nitrogen and oxygen atoms in total. The maximum Gasteiger partial charge on any atom is 0.244 e. The largest absolute Gasteiger partial charge is 0.490 e. The van der Waals surface area contributed by atoms with Gasteiger partial charge in [-0.2, -0.15) is 4.31 Å². The fraction of sp³-hybridized carbons (Fsp3) is 0.611. The normalized spacial score (nSPS) is 18.9. The van der Waals surface area contributed by atoms with Crippen molar-refractivity contribution >= 4 is 27.7 Å². The zero-order valence-corrected chi connectivity index (χ0v) is 17.9. The molecule has 1 N–H and O–H groups in total. The van der Waals surface area contributed by atoms with Gasteiger partial charge in [-0.15, -0.1) is 11.8 Å². The smallest absolute Gasteiger partial charge is 0.244 e. The number of carbonyl (C=O) groups excluding carboxylic acids is 1. The van der Waals surface area contributed by atoms with Crippen LogP contribution in [0.3, 0.4) is 0 Å². The van der Waals surface area contributed by atoms with Crippen LogP contribution in [0.4, 0.5) is 0 Å². The van der Waals surface area contributed by atoms with Crippen LogP contribution in [-0.4, -0.2) is 55.6 Å². The molecule has 0 saturated carbocycles. The molecule has 152 valence electrons. The highest BCUT2D eigenvalue weighted by atomic mass is 32.2. The molecule has 0 radical (unpaired) electrons. The molecule has 1 fully saturated rings. The summed E-state index contributed by atoms with van der Waals surface area (Å²) in [5.41, 5.74) is 0. The first-order valence-corrected chi connectivity index (χ1v) is 11.7. The Morgan fingerprint density at radius 2 is 1.93 bits per heavy atom. The number of sulfonamides is 1. The standard InChI is InChI=1S/C18H28N2O5S2/c1-5-13(4)19-18(21)15-11-26-12-20(15)27(22,23)14-8-9-16(24-6-2)17(10-14)25-7-3/h8-10,13,15H,5-7,11-12H2,1-4H3,(H,19,21). The average Bonchev–Trinajstić information content (AvgIpc) is 3.14. The Kier molecular flexibility index (Phi) is 7.81. The van der Waals surface area contributed by atoms with E-state index in [1.54, 1.807) is 6.07 Å². The van der Waals surface area contributed by atoms with E-state index in [2.05, 4.69) is 5.32 Å². The predicted molar refractivity (Wildman–Crippen MR) is 107 cm³/mol. The zero-order valence-electron chi connectivity index (χ0n) is 16.2. The van der Waals surface area contributed by atoms with Crippen molar-refractivity contribution in [1.29, 1.82) is 0 Å². The maximum atomic E-state index is 13.2. The minimum Gasteiger partial charge on any atom is -0.490 e. The molecule has 0 bridgehead atoms. The lowest BCUT2D eigenvalue weighted by atomic mass is 10.2. The van der Waals surface area contributed by atoms with Gasteiger partial charge in [-0.05, 0) is 39.3 Å². The van der Waals surface area contributed by atoms with Crippen LogP contribution in [0.5, 0.6) is 11.5 Å². The highest BCUT2D eigenvalue weighted by molar-refractivity contribution is 8.00. The van der Waals surface area contributed by atoms with Gasteiger partial charge in [-0.1, -0.05) is 6.92 Å². The van der Waals surface area contributed by atoms with Gasteiger partial charge >= 0.3 is 0 Å². The van der Waals surface area contributed by atoms with Gasteiger partial charge in [0.1, 0.15) is 6.04 Å². The first-order chi connectivity index (χ1) is 12.8. The van der Waals surface area contributed by atoms with Crippen LogP contribution in [0.1, 0.15) is 34.1 Å². The van der Waals surface area contributed by atoms with Crippen molar-refractivity contribution in [2.24, 2.45) is 0 Å². The van der Waals surface area contributed by atoms with Crippen molar-refractivity contribution < 1.29 is 22.7 Å². The van der Waals surface area contributed by atoms with Crippen molar-refractivity contribution in [2.75, 3.05) is 24.8 Å². The molecule has 1 aromatic carbocycles. The first kappa shape index (κ1) is 21.8. The molecule has 0 spiro atoms. The Hall–Kier alpha value is -1.45. The monoisotopic (exact) mass is 416 g/mol. The van der Waals surface area contributed by atoms with Crippen LogP contribution in [0.2, 0.25) is 0 Å². The lowest BCUT2D eigenvalue weighted by Crippen LogP contribution is -2.49. The van der Waals surface area contributed by atoms with E-state index in [-0.39, 0.29) is 22.7 Å². The molecule has 1 heterocycles. The van der Waals surface area contributed by atoms with E-state index in [0.717, 1.165) is 6.42 Å². The van der Waals surface area contributed by atoms with Crippen LogP contribution in [0, 0.1) is 0 Å². The molecule has 9 heteroatoms. The van der Waals surface area contributed by atoms with E-state index < -0.39 is 16.1 Å². The number of carbonyl (C=O) groups is 1. The quantitative estimate of drug-likeness (QED) is 0.666. The number of rotatable bonds is 9. The van der Waals surface area contributed by atoms with Gasteiger partial charge in [0.2, 0.25) is 15.9 Å². The number of hydrogen-bond donors (Lipinski definition) is 1. The van der Waals surface area contributed by atoms with E-state index in [4.69, 9.17) is 9.47 Å². The number of nitrogens with one attached hydrogen (secondary N) is 1. The fourth-order valence-corrected chi connectivity index (χ4v) is 5.80. The number of amides is 1. The molecule has 1 aliphatic heterocycles. The van der Waals surface area contributed by atoms with E-state index in [1.165, 1.54) is 28.2 Å². The van der Waals surface area contributed by atoms with E-state index in [9.17, 15) is 13.2 Å². The van der Waals surface area contributed by atoms with Crippen molar-refractivity contribution in [3.63, 3.8) is 0 Å². The summed E-state index contributed by atoms with van der Waals surface area (Å²) >= 11 is 1.43. The zero-order chi connectivity index (χ0) is 20.0. The van der Waals surface area contributed by atoms with Crippen molar-refractivity contribution in [1.82, 2.24) is 9.62 Å². The molecule has 0 aromatic heterocycles. The summed E-state index contributed by atoms with van der Waals surface area (Å²) in [4.78, 5) is 12.6. The topological polar surface area (TPSA) is 84.9 Å². The number of nitrogens with zero attached hydrogens (tertiary/aromatic N) is 1. The van der Waals surface area contributed by atoms with Crippen molar-refractivity contribution in [2.45, 2.75) is 51.1 Å². The molecule has 1 amide bonds. The Bertz CT molecular complexity index is 754. The number of thioether (sulfide) groups is 1. The van der Waals surface area contributed by atoms with Gasteiger partial charge in [-0.25, -0.2) is 8.42 Å². The summed E-state index contributed by atoms with van der Waals surface area (Å²) < 4.78 is 38.6. The first-order valence-electron chi connectivity index (χ1n) is 9.14. The van der Waals surface area contributed by atoms with Gasteiger partial charge in [0.15, 0.2) is 11.5 Å². The Labute approximate surface area is 165 Å². The van der Waals surface area contributed by atoms with Crippen LogP contribution in [0.25, 0.3) is 0 Å². The van der Waals surface area contributed by atoms with Gasteiger partial charge < -0.3 is 14.8 Å². The third kappa shape index (κ3) is 5.08. The third-order valence-corrected chi connectivity index (χ3v) is 7.29. The lowest BCUT2D eigenvalue weighted by molar-refractivity contribution is -0.124. The maximum absolute atomic E-state index is 13.2. The Morgan fingerprint density at radius 3 is 2.56 bits per heavy atom. The summed E-state index contributed by atoms with van der Waals surface area (Å²) in [6.45, 7) is 8.39. The van der Waals surface area contributed by atoms with Gasteiger partial charge in [0, 0.05) is 17.9 Å². The summed E-state index contributed by atoms with van der Waals surface area (Å²) in [6.07, 6.45) is 0.787. The number of hydrogen-bond acceptors (Lipinski definition) is 6. The van der Waals surface area contributed by atoms with Crippen LogP contribution < -0.4 is 14.8 Å². The molecule has 2 rings (SSSR count). The second kappa shape index (κ2) is 9.66. The molecule has 1 aromatic rings. The lowest BCUT2D eigenvalue weighted by Gasteiger charge is -2.24. The van der Waals surface area contributed by atoms with E-state index in [0.29, 0.717) is 30.5 Å². The highest BCUT2D eigenvalue weighted by Gasteiger charge is 2.40. The molecule has 1 aliphatic rings. The summed E-state index contributed by atoms with van der Waals surface area (Å²) in [5.74, 6) is 1.32. The van der Waals surface area contributed by atoms with Crippen molar-refractivity contribution in [3.8, 4) is 11.5 Å². The summed E-state index contributed by atoms with van der Waals surface area (Å²) in [5, 5.41) is 2.88. The van der Waals surface area contributed by atoms with Gasteiger partial charge in [0.05, 0.1) is 24.0 Å². The highest BCUT2D eigenvalue weighted by Crippen LogP contribution is 2.34. The predicted octanol–water partition coefficient (Wildman–Crippen LogP) is 2.46.